The van der Waals surface area contributed by atoms with Gasteiger partial charge in [0, 0.05) is 11.3 Å². The lowest BCUT2D eigenvalue weighted by atomic mass is 9.87. The molecule has 1 amide bonds. The quantitative estimate of drug-likeness (QED) is 0.574. The topological polar surface area (TPSA) is 55.4 Å². The lowest BCUT2D eigenvalue weighted by molar-refractivity contribution is 0.0499. The number of nitrogens with one attached hydrogen (secondary N) is 1. The van der Waals surface area contributed by atoms with Crippen molar-refractivity contribution >= 4 is 17.6 Å². The molecule has 0 radical (unpaired) electrons. The molecular formula is C22H27NO3. The molecule has 4 heteroatoms. The summed E-state index contributed by atoms with van der Waals surface area (Å²) >= 11 is 0. The molecule has 0 fully saturated rings. The largest absolute Gasteiger partial charge is 0.462 e. The van der Waals surface area contributed by atoms with Gasteiger partial charge in [0.2, 0.25) is 0 Å². The van der Waals surface area contributed by atoms with E-state index in [1.54, 1.807) is 24.3 Å². The van der Waals surface area contributed by atoms with Gasteiger partial charge in [-0.25, -0.2) is 4.79 Å². The summed E-state index contributed by atoms with van der Waals surface area (Å²) in [5, 5.41) is 2.83. The fraction of sp³-hybridized carbons (Fsp3) is 0.364. The van der Waals surface area contributed by atoms with Gasteiger partial charge in [0.05, 0.1) is 12.2 Å². The molecular weight excluding hydrogens is 326 g/mol. The zero-order chi connectivity index (χ0) is 19.2. The standard InChI is InChI=1S/C22H27NO3/c1-5-6-14-26-21(25)17-8-7-9-19(15-17)23-20(24)16-10-12-18(13-11-16)22(2,3)4/h7-13,15H,5-6,14H2,1-4H3,(H,23,24). The number of carbonyl (C=O) groups is 2. The van der Waals surface area contributed by atoms with Crippen molar-refractivity contribution in [3.8, 4) is 0 Å². The minimum absolute atomic E-state index is 0.0431. The zero-order valence-electron chi connectivity index (χ0n) is 16.0. The average Bonchev–Trinajstić information content (AvgIpc) is 2.61. The molecule has 0 unspecified atom stereocenters. The van der Waals surface area contributed by atoms with E-state index in [-0.39, 0.29) is 17.3 Å². The Morgan fingerprint density at radius 3 is 2.31 bits per heavy atom. The highest BCUT2D eigenvalue weighted by Gasteiger charge is 2.15. The van der Waals surface area contributed by atoms with E-state index < -0.39 is 0 Å². The lowest BCUT2D eigenvalue weighted by Crippen LogP contribution is -2.14. The predicted molar refractivity (Wildman–Crippen MR) is 105 cm³/mol. The SMILES string of the molecule is CCCCOC(=O)c1cccc(NC(=O)c2ccc(C(C)(C)C)cc2)c1. The van der Waals surface area contributed by atoms with Crippen molar-refractivity contribution in [3.63, 3.8) is 0 Å². The number of amides is 1. The first-order valence-electron chi connectivity index (χ1n) is 9.00. The van der Waals surface area contributed by atoms with Crippen LogP contribution in [0.15, 0.2) is 48.5 Å². The summed E-state index contributed by atoms with van der Waals surface area (Å²) in [4.78, 5) is 24.5. The van der Waals surface area contributed by atoms with Crippen LogP contribution in [0.25, 0.3) is 0 Å². The van der Waals surface area contributed by atoms with Crippen LogP contribution in [-0.4, -0.2) is 18.5 Å². The Morgan fingerprint density at radius 2 is 1.69 bits per heavy atom. The van der Waals surface area contributed by atoms with Crippen molar-refractivity contribution in [2.24, 2.45) is 0 Å². The Bertz CT molecular complexity index is 758. The van der Waals surface area contributed by atoms with Crippen molar-refractivity contribution in [2.45, 2.75) is 46.0 Å². The number of ether oxygens (including phenoxy) is 1. The molecule has 1 N–H and O–H groups in total. The van der Waals surface area contributed by atoms with Gasteiger partial charge in [-0.05, 0) is 47.7 Å². The van der Waals surface area contributed by atoms with E-state index in [0.29, 0.717) is 23.4 Å². The predicted octanol–water partition coefficient (Wildman–Crippen LogP) is 5.19. The molecule has 138 valence electrons. The molecule has 0 spiro atoms. The molecule has 2 aromatic carbocycles. The van der Waals surface area contributed by atoms with E-state index in [2.05, 4.69) is 26.1 Å². The third-order valence-corrected chi connectivity index (χ3v) is 4.10. The average molecular weight is 353 g/mol. The highest BCUT2D eigenvalue weighted by Crippen LogP contribution is 2.22. The number of hydrogen-bond acceptors (Lipinski definition) is 3. The van der Waals surface area contributed by atoms with Gasteiger partial charge < -0.3 is 10.1 Å². The summed E-state index contributed by atoms with van der Waals surface area (Å²) in [5.41, 5.74) is 2.79. The maximum absolute atomic E-state index is 12.4. The molecule has 4 nitrogen and oxygen atoms in total. The molecule has 2 rings (SSSR count). The van der Waals surface area contributed by atoms with E-state index in [1.807, 2.05) is 31.2 Å². The fourth-order valence-corrected chi connectivity index (χ4v) is 2.44. The van der Waals surface area contributed by atoms with Gasteiger partial charge in [-0.1, -0.05) is 52.3 Å². The smallest absolute Gasteiger partial charge is 0.338 e. The van der Waals surface area contributed by atoms with Gasteiger partial charge in [0.15, 0.2) is 0 Å². The van der Waals surface area contributed by atoms with Crippen LogP contribution in [-0.2, 0) is 10.2 Å². The molecule has 26 heavy (non-hydrogen) atoms. The molecule has 0 aliphatic carbocycles. The van der Waals surface area contributed by atoms with E-state index >= 15 is 0 Å². The Balaban J connectivity index is 2.05. The number of rotatable bonds is 6. The summed E-state index contributed by atoms with van der Waals surface area (Å²) in [7, 11) is 0. The highest BCUT2D eigenvalue weighted by atomic mass is 16.5. The van der Waals surface area contributed by atoms with Crippen LogP contribution in [0.1, 0.15) is 66.8 Å². The van der Waals surface area contributed by atoms with Crippen LogP contribution in [0.2, 0.25) is 0 Å². The monoisotopic (exact) mass is 353 g/mol. The first kappa shape index (κ1) is 19.7. The molecule has 0 aliphatic rings. The fourth-order valence-electron chi connectivity index (χ4n) is 2.44. The van der Waals surface area contributed by atoms with Crippen LogP contribution >= 0.6 is 0 Å². The summed E-state index contributed by atoms with van der Waals surface area (Å²) in [6.07, 6.45) is 1.81. The number of benzene rings is 2. The van der Waals surface area contributed by atoms with Gasteiger partial charge in [0.25, 0.3) is 5.91 Å². The molecule has 0 saturated heterocycles. The van der Waals surface area contributed by atoms with E-state index in [9.17, 15) is 9.59 Å². The molecule has 0 saturated carbocycles. The maximum Gasteiger partial charge on any atom is 0.338 e. The Labute approximate surface area is 155 Å². The Kier molecular flexibility index (Phi) is 6.56. The molecule has 0 bridgehead atoms. The second-order valence-electron chi connectivity index (χ2n) is 7.35. The van der Waals surface area contributed by atoms with E-state index in [0.717, 1.165) is 12.8 Å². The van der Waals surface area contributed by atoms with Gasteiger partial charge in [-0.2, -0.15) is 0 Å². The second-order valence-corrected chi connectivity index (χ2v) is 7.35. The summed E-state index contributed by atoms with van der Waals surface area (Å²) in [6, 6.07) is 14.4. The van der Waals surface area contributed by atoms with Crippen molar-refractivity contribution in [1.82, 2.24) is 0 Å². The molecule has 0 aromatic heterocycles. The minimum atomic E-state index is -0.371. The molecule has 0 heterocycles. The number of hydrogen-bond donors (Lipinski definition) is 1. The Morgan fingerprint density at radius 1 is 1.00 bits per heavy atom. The van der Waals surface area contributed by atoms with Crippen LogP contribution < -0.4 is 5.32 Å². The maximum atomic E-state index is 12.4. The van der Waals surface area contributed by atoms with Gasteiger partial charge in [-0.3, -0.25) is 4.79 Å². The second kappa shape index (κ2) is 8.65. The number of carbonyl (C=O) groups excluding carboxylic acids is 2. The number of anilines is 1. The van der Waals surface area contributed by atoms with Crippen LogP contribution in [0.5, 0.6) is 0 Å². The third-order valence-electron chi connectivity index (χ3n) is 4.10. The summed E-state index contributed by atoms with van der Waals surface area (Å²) < 4.78 is 5.21. The lowest BCUT2D eigenvalue weighted by Gasteiger charge is -2.19. The van der Waals surface area contributed by atoms with Gasteiger partial charge in [-0.15, -0.1) is 0 Å². The molecule has 0 aliphatic heterocycles. The highest BCUT2D eigenvalue weighted by molar-refractivity contribution is 6.04. The normalized spacial score (nSPS) is 11.1. The zero-order valence-corrected chi connectivity index (χ0v) is 16.0. The van der Waals surface area contributed by atoms with Crippen molar-refractivity contribution in [1.29, 1.82) is 0 Å². The number of esters is 1. The first-order valence-corrected chi connectivity index (χ1v) is 9.00. The third kappa shape index (κ3) is 5.45. The van der Waals surface area contributed by atoms with Crippen LogP contribution in [0.3, 0.4) is 0 Å². The first-order chi connectivity index (χ1) is 12.3. The van der Waals surface area contributed by atoms with Crippen LogP contribution in [0.4, 0.5) is 5.69 Å². The Hall–Kier alpha value is -2.62. The minimum Gasteiger partial charge on any atom is -0.462 e. The van der Waals surface area contributed by atoms with Crippen LogP contribution in [0, 0.1) is 0 Å². The van der Waals surface area contributed by atoms with E-state index in [4.69, 9.17) is 4.74 Å². The van der Waals surface area contributed by atoms with Crippen molar-refractivity contribution in [2.75, 3.05) is 11.9 Å². The van der Waals surface area contributed by atoms with E-state index in [1.165, 1.54) is 5.56 Å². The molecule has 2 aromatic rings. The van der Waals surface area contributed by atoms with Crippen molar-refractivity contribution in [3.05, 3.63) is 65.2 Å². The summed E-state index contributed by atoms with van der Waals surface area (Å²) in [5.74, 6) is -0.578. The molecule has 0 atom stereocenters. The summed E-state index contributed by atoms with van der Waals surface area (Å²) in [6.45, 7) is 8.84. The number of unbranched alkanes of at least 4 members (excludes halogenated alkanes) is 1. The van der Waals surface area contributed by atoms with Crippen molar-refractivity contribution < 1.29 is 14.3 Å². The van der Waals surface area contributed by atoms with Gasteiger partial charge in [0.1, 0.15) is 0 Å². The van der Waals surface area contributed by atoms with Gasteiger partial charge >= 0.3 is 5.97 Å².